The summed E-state index contributed by atoms with van der Waals surface area (Å²) in [7, 11) is 0. The molecule has 154 valence electrons. The molecule has 4 rings (SSSR count). The van der Waals surface area contributed by atoms with E-state index in [-0.39, 0.29) is 5.91 Å². The van der Waals surface area contributed by atoms with E-state index in [0.29, 0.717) is 11.4 Å². The third-order valence-electron chi connectivity index (χ3n) is 4.61. The van der Waals surface area contributed by atoms with Gasteiger partial charge in [-0.2, -0.15) is 9.61 Å². The predicted octanol–water partition coefficient (Wildman–Crippen LogP) is 5.03. The van der Waals surface area contributed by atoms with E-state index in [9.17, 15) is 4.79 Å². The van der Waals surface area contributed by atoms with E-state index in [1.807, 2.05) is 56.3 Å². The van der Waals surface area contributed by atoms with Crippen LogP contribution in [0.15, 0.2) is 46.9 Å². The van der Waals surface area contributed by atoms with E-state index in [1.165, 1.54) is 11.3 Å². The summed E-state index contributed by atoms with van der Waals surface area (Å²) in [5.41, 5.74) is 1.51. The second-order valence-electron chi connectivity index (χ2n) is 7.40. The van der Waals surface area contributed by atoms with Crippen LogP contribution in [0, 0.1) is 13.8 Å². The van der Waals surface area contributed by atoms with Crippen LogP contribution in [-0.2, 0) is 4.79 Å². The standard InChI is InChI=1S/C21H20BrN5O2S/c1-12-5-6-14(18-26-27-13(2)24-25-20(27)30-18)11-17(12)23-19(28)21(3,4)29-16-9-7-15(22)8-10-16/h5-11H,1-4H3,(H,23,28). The highest BCUT2D eigenvalue weighted by Gasteiger charge is 2.30. The summed E-state index contributed by atoms with van der Waals surface area (Å²) < 4.78 is 8.59. The average Bonchev–Trinajstić information content (AvgIpc) is 3.27. The van der Waals surface area contributed by atoms with Gasteiger partial charge in [-0.25, -0.2) is 0 Å². The lowest BCUT2D eigenvalue weighted by Crippen LogP contribution is -2.42. The van der Waals surface area contributed by atoms with E-state index in [1.54, 1.807) is 18.4 Å². The van der Waals surface area contributed by atoms with Crippen molar-refractivity contribution < 1.29 is 9.53 Å². The van der Waals surface area contributed by atoms with Crippen molar-refractivity contribution in [3.63, 3.8) is 0 Å². The molecule has 2 aromatic carbocycles. The highest BCUT2D eigenvalue weighted by atomic mass is 79.9. The Morgan fingerprint density at radius 1 is 1.13 bits per heavy atom. The molecule has 1 N–H and O–H groups in total. The Bertz CT molecular complexity index is 1230. The zero-order chi connectivity index (χ0) is 21.5. The SMILES string of the molecule is Cc1ccc(-c2nn3c(C)nnc3s2)cc1NC(=O)C(C)(C)Oc1ccc(Br)cc1. The van der Waals surface area contributed by atoms with Crippen LogP contribution in [0.2, 0.25) is 0 Å². The molecule has 2 heterocycles. The molecule has 30 heavy (non-hydrogen) atoms. The number of hydrogen-bond acceptors (Lipinski definition) is 6. The maximum atomic E-state index is 13.0. The number of nitrogens with zero attached hydrogens (tertiary/aromatic N) is 4. The maximum Gasteiger partial charge on any atom is 0.267 e. The largest absolute Gasteiger partial charge is 0.478 e. The molecule has 0 aliphatic rings. The van der Waals surface area contributed by atoms with Gasteiger partial charge in [-0.05, 0) is 63.6 Å². The maximum absolute atomic E-state index is 13.0. The van der Waals surface area contributed by atoms with Gasteiger partial charge in [-0.1, -0.05) is 39.4 Å². The second kappa shape index (κ2) is 7.81. The van der Waals surface area contributed by atoms with E-state index in [4.69, 9.17) is 4.74 Å². The van der Waals surface area contributed by atoms with Gasteiger partial charge in [-0.15, -0.1) is 10.2 Å². The zero-order valence-corrected chi connectivity index (χ0v) is 19.3. The predicted molar refractivity (Wildman–Crippen MR) is 121 cm³/mol. The summed E-state index contributed by atoms with van der Waals surface area (Å²) in [6.45, 7) is 7.30. The van der Waals surface area contributed by atoms with Crippen LogP contribution in [0.4, 0.5) is 5.69 Å². The molecule has 0 aliphatic carbocycles. The van der Waals surface area contributed by atoms with Crippen molar-refractivity contribution >= 4 is 43.8 Å². The summed E-state index contributed by atoms with van der Waals surface area (Å²) in [6, 6.07) is 13.3. The Morgan fingerprint density at radius 3 is 2.57 bits per heavy atom. The molecular formula is C21H20BrN5O2S. The number of amides is 1. The molecule has 0 atom stereocenters. The average molecular weight is 486 g/mol. The number of fused-ring (bicyclic) bond motifs is 1. The summed E-state index contributed by atoms with van der Waals surface area (Å²) in [5, 5.41) is 16.5. The first-order chi connectivity index (χ1) is 14.2. The normalized spacial score (nSPS) is 11.6. The number of ether oxygens (including phenoxy) is 1. The number of anilines is 1. The lowest BCUT2D eigenvalue weighted by molar-refractivity contribution is -0.128. The molecule has 1 amide bonds. The van der Waals surface area contributed by atoms with E-state index in [2.05, 4.69) is 36.5 Å². The number of hydrogen-bond donors (Lipinski definition) is 1. The number of nitrogens with one attached hydrogen (secondary N) is 1. The van der Waals surface area contributed by atoms with Crippen molar-refractivity contribution in [2.24, 2.45) is 0 Å². The number of benzene rings is 2. The Hall–Kier alpha value is -2.78. The number of aryl methyl sites for hydroxylation is 2. The third kappa shape index (κ3) is 4.08. The van der Waals surface area contributed by atoms with Gasteiger partial charge >= 0.3 is 0 Å². The number of rotatable bonds is 5. The molecule has 0 bridgehead atoms. The number of carbonyl (C=O) groups is 1. The quantitative estimate of drug-likeness (QED) is 0.428. The van der Waals surface area contributed by atoms with E-state index in [0.717, 1.165) is 31.4 Å². The van der Waals surface area contributed by atoms with E-state index >= 15 is 0 Å². The molecule has 0 fully saturated rings. The van der Waals surface area contributed by atoms with Crippen molar-refractivity contribution in [3.05, 3.63) is 58.3 Å². The lowest BCUT2D eigenvalue weighted by atomic mass is 10.1. The van der Waals surface area contributed by atoms with Crippen molar-refractivity contribution in [1.82, 2.24) is 19.8 Å². The fourth-order valence-corrected chi connectivity index (χ4v) is 3.98. The summed E-state index contributed by atoms with van der Waals surface area (Å²) in [5.74, 6) is 1.12. The van der Waals surface area contributed by atoms with Gasteiger partial charge in [0.2, 0.25) is 4.96 Å². The van der Waals surface area contributed by atoms with Gasteiger partial charge in [0.25, 0.3) is 5.91 Å². The summed E-state index contributed by atoms with van der Waals surface area (Å²) >= 11 is 4.85. The van der Waals surface area contributed by atoms with Crippen LogP contribution < -0.4 is 10.1 Å². The Morgan fingerprint density at radius 2 is 1.87 bits per heavy atom. The molecule has 0 saturated heterocycles. The van der Waals surface area contributed by atoms with Gasteiger partial charge in [0, 0.05) is 15.7 Å². The Labute approximate surface area is 186 Å². The number of aromatic nitrogens is 4. The fourth-order valence-electron chi connectivity index (χ4n) is 2.84. The second-order valence-corrected chi connectivity index (χ2v) is 9.27. The van der Waals surface area contributed by atoms with E-state index < -0.39 is 5.60 Å². The molecule has 0 radical (unpaired) electrons. The molecular weight excluding hydrogens is 466 g/mol. The van der Waals surface area contributed by atoms with Gasteiger partial charge in [0.15, 0.2) is 11.4 Å². The minimum atomic E-state index is -1.05. The smallest absolute Gasteiger partial charge is 0.267 e. The van der Waals surface area contributed by atoms with Crippen molar-refractivity contribution in [2.45, 2.75) is 33.3 Å². The molecule has 9 heteroatoms. The third-order valence-corrected chi connectivity index (χ3v) is 6.09. The lowest BCUT2D eigenvalue weighted by Gasteiger charge is -2.26. The van der Waals surface area contributed by atoms with Gasteiger partial charge in [0.05, 0.1) is 0 Å². The van der Waals surface area contributed by atoms with Crippen molar-refractivity contribution in [3.8, 4) is 16.3 Å². The highest BCUT2D eigenvalue weighted by Crippen LogP contribution is 2.30. The molecule has 2 aromatic heterocycles. The molecule has 4 aromatic rings. The van der Waals surface area contributed by atoms with Crippen LogP contribution in [0.3, 0.4) is 0 Å². The van der Waals surface area contributed by atoms with Crippen molar-refractivity contribution in [1.29, 1.82) is 0 Å². The fraction of sp³-hybridized carbons (Fsp3) is 0.238. The molecule has 0 unspecified atom stereocenters. The minimum absolute atomic E-state index is 0.236. The van der Waals surface area contributed by atoms with Crippen LogP contribution in [-0.4, -0.2) is 31.3 Å². The first-order valence-electron chi connectivity index (χ1n) is 9.29. The molecule has 0 saturated carbocycles. The number of halogens is 1. The van der Waals surface area contributed by atoms with Gasteiger partial charge < -0.3 is 10.1 Å². The topological polar surface area (TPSA) is 81.4 Å². The Kier molecular flexibility index (Phi) is 5.33. The highest BCUT2D eigenvalue weighted by molar-refractivity contribution is 9.10. The summed E-state index contributed by atoms with van der Waals surface area (Å²) in [4.78, 5) is 13.7. The molecule has 0 spiro atoms. The zero-order valence-electron chi connectivity index (χ0n) is 16.9. The molecule has 7 nitrogen and oxygen atoms in total. The van der Waals surface area contributed by atoms with Crippen LogP contribution >= 0.6 is 27.3 Å². The monoisotopic (exact) mass is 485 g/mol. The van der Waals surface area contributed by atoms with Crippen molar-refractivity contribution in [2.75, 3.05) is 5.32 Å². The van der Waals surface area contributed by atoms with Crippen LogP contribution in [0.25, 0.3) is 15.5 Å². The van der Waals surface area contributed by atoms with Gasteiger partial charge in [0.1, 0.15) is 10.8 Å². The molecule has 0 aliphatic heterocycles. The van der Waals surface area contributed by atoms with Crippen LogP contribution in [0.1, 0.15) is 25.2 Å². The van der Waals surface area contributed by atoms with Crippen LogP contribution in [0.5, 0.6) is 5.75 Å². The minimum Gasteiger partial charge on any atom is -0.478 e. The first kappa shape index (κ1) is 20.5. The Balaban J connectivity index is 1.56. The number of carbonyl (C=O) groups excluding carboxylic acids is 1. The van der Waals surface area contributed by atoms with Gasteiger partial charge in [-0.3, -0.25) is 4.79 Å². The summed E-state index contributed by atoms with van der Waals surface area (Å²) in [6.07, 6.45) is 0. The first-order valence-corrected chi connectivity index (χ1v) is 10.9.